The normalized spacial score (nSPS) is 26.1. The summed E-state index contributed by atoms with van der Waals surface area (Å²) in [6.45, 7) is 1.96. The maximum absolute atomic E-state index is 11.1. The molecule has 0 bridgehead atoms. The van der Waals surface area contributed by atoms with Crippen LogP contribution in [0.3, 0.4) is 0 Å². The third-order valence-electron chi connectivity index (χ3n) is 2.90. The van der Waals surface area contributed by atoms with Crippen molar-refractivity contribution in [3.63, 3.8) is 0 Å². The molecule has 1 aromatic carbocycles. The summed E-state index contributed by atoms with van der Waals surface area (Å²) in [4.78, 5) is 11.1. The Bertz CT molecular complexity index is 387. The fourth-order valence-corrected chi connectivity index (χ4v) is 2.10. The molecule has 1 aromatic rings. The molecule has 1 fully saturated rings. The second kappa shape index (κ2) is 3.56. The van der Waals surface area contributed by atoms with Crippen molar-refractivity contribution in [2.45, 2.75) is 19.3 Å². The fraction of sp³-hybridized carbons (Fsp3) is 0.364. The van der Waals surface area contributed by atoms with Crippen LogP contribution < -0.4 is 0 Å². The molecule has 0 heterocycles. The van der Waals surface area contributed by atoms with E-state index in [9.17, 15) is 4.79 Å². The molecule has 2 rings (SSSR count). The summed E-state index contributed by atoms with van der Waals surface area (Å²) in [5.74, 6) is 0.797. The largest absolute Gasteiger partial charge is 0.299 e. The Morgan fingerprint density at radius 1 is 1.29 bits per heavy atom. The van der Waals surface area contributed by atoms with Gasteiger partial charge in [0.15, 0.2) is 0 Å². The SMILES string of the molecule is CC1C(=O)CC1c1ccc(Cl)c(Cl)c1. The first-order valence-corrected chi connectivity index (χ1v) is 5.33. The van der Waals surface area contributed by atoms with Crippen LogP contribution in [0.25, 0.3) is 0 Å². The maximum Gasteiger partial charge on any atom is 0.136 e. The second-order valence-electron chi connectivity index (χ2n) is 3.74. The second-order valence-corrected chi connectivity index (χ2v) is 4.55. The summed E-state index contributed by atoms with van der Waals surface area (Å²) >= 11 is 11.7. The van der Waals surface area contributed by atoms with Crippen LogP contribution in [-0.4, -0.2) is 5.78 Å². The van der Waals surface area contributed by atoms with Crippen LogP contribution in [0.2, 0.25) is 10.0 Å². The Kier molecular flexibility index (Phi) is 2.54. The number of ketones is 1. The molecule has 0 amide bonds. The van der Waals surface area contributed by atoms with Gasteiger partial charge in [-0.1, -0.05) is 36.2 Å². The lowest BCUT2D eigenvalue weighted by Gasteiger charge is -2.32. The highest BCUT2D eigenvalue weighted by Gasteiger charge is 2.36. The van der Waals surface area contributed by atoms with Gasteiger partial charge in [-0.3, -0.25) is 4.79 Å². The van der Waals surface area contributed by atoms with Gasteiger partial charge in [0.05, 0.1) is 10.0 Å². The molecule has 0 N–H and O–H groups in total. The van der Waals surface area contributed by atoms with Gasteiger partial charge in [-0.25, -0.2) is 0 Å². The molecule has 0 saturated heterocycles. The van der Waals surface area contributed by atoms with E-state index in [4.69, 9.17) is 23.2 Å². The van der Waals surface area contributed by atoms with Gasteiger partial charge in [0.25, 0.3) is 0 Å². The fourth-order valence-electron chi connectivity index (χ4n) is 1.79. The van der Waals surface area contributed by atoms with Crippen LogP contribution in [0.1, 0.15) is 24.8 Å². The monoisotopic (exact) mass is 228 g/mol. The lowest BCUT2D eigenvalue weighted by Crippen LogP contribution is -2.32. The van der Waals surface area contributed by atoms with Crippen LogP contribution in [-0.2, 0) is 4.79 Å². The summed E-state index contributed by atoms with van der Waals surface area (Å²) in [5.41, 5.74) is 1.12. The van der Waals surface area contributed by atoms with E-state index in [-0.39, 0.29) is 5.92 Å². The molecule has 14 heavy (non-hydrogen) atoms. The molecule has 2 unspecified atom stereocenters. The van der Waals surface area contributed by atoms with Crippen molar-refractivity contribution in [3.05, 3.63) is 33.8 Å². The number of carbonyl (C=O) groups is 1. The zero-order valence-corrected chi connectivity index (χ0v) is 9.27. The van der Waals surface area contributed by atoms with E-state index >= 15 is 0 Å². The number of halogens is 2. The highest BCUT2D eigenvalue weighted by atomic mass is 35.5. The predicted molar refractivity (Wildman–Crippen MR) is 58.0 cm³/mol. The Balaban J connectivity index is 2.26. The minimum Gasteiger partial charge on any atom is -0.299 e. The standard InChI is InChI=1S/C11H10Cl2O/c1-6-8(5-11(6)14)7-2-3-9(12)10(13)4-7/h2-4,6,8H,5H2,1H3. The molecule has 1 nitrogen and oxygen atoms in total. The van der Waals surface area contributed by atoms with Crippen molar-refractivity contribution in [3.8, 4) is 0 Å². The topological polar surface area (TPSA) is 17.1 Å². The minimum absolute atomic E-state index is 0.132. The molecule has 1 saturated carbocycles. The average molecular weight is 229 g/mol. The zero-order valence-electron chi connectivity index (χ0n) is 7.76. The molecule has 3 heteroatoms. The van der Waals surface area contributed by atoms with Gasteiger partial charge in [-0.2, -0.15) is 0 Å². The lowest BCUT2D eigenvalue weighted by molar-refractivity contribution is -0.130. The van der Waals surface area contributed by atoms with E-state index in [1.54, 1.807) is 6.07 Å². The Hall–Kier alpha value is -0.530. The van der Waals surface area contributed by atoms with Gasteiger partial charge >= 0.3 is 0 Å². The lowest BCUT2D eigenvalue weighted by atomic mass is 9.70. The van der Waals surface area contributed by atoms with E-state index in [1.807, 2.05) is 19.1 Å². The van der Waals surface area contributed by atoms with Crippen molar-refractivity contribution in [2.24, 2.45) is 5.92 Å². The van der Waals surface area contributed by atoms with Crippen LogP contribution in [0.15, 0.2) is 18.2 Å². The summed E-state index contributed by atoms with van der Waals surface area (Å²) in [5, 5.41) is 1.13. The van der Waals surface area contributed by atoms with E-state index in [0.29, 0.717) is 28.2 Å². The van der Waals surface area contributed by atoms with Crippen LogP contribution >= 0.6 is 23.2 Å². The summed E-state index contributed by atoms with van der Waals surface area (Å²) in [7, 11) is 0. The third kappa shape index (κ3) is 1.55. The van der Waals surface area contributed by atoms with Gasteiger partial charge in [-0.15, -0.1) is 0 Å². The minimum atomic E-state index is 0.132. The number of carbonyl (C=O) groups excluding carboxylic acids is 1. The van der Waals surface area contributed by atoms with Gasteiger partial charge in [0.2, 0.25) is 0 Å². The number of hydrogen-bond acceptors (Lipinski definition) is 1. The quantitative estimate of drug-likeness (QED) is 0.717. The van der Waals surface area contributed by atoms with E-state index < -0.39 is 0 Å². The molecule has 74 valence electrons. The van der Waals surface area contributed by atoms with Gasteiger partial charge in [0, 0.05) is 18.3 Å². The molecule has 2 atom stereocenters. The summed E-state index contributed by atoms with van der Waals surface area (Å²) < 4.78 is 0. The van der Waals surface area contributed by atoms with E-state index in [2.05, 4.69) is 0 Å². The van der Waals surface area contributed by atoms with Crippen molar-refractivity contribution in [1.29, 1.82) is 0 Å². The Morgan fingerprint density at radius 2 is 2.00 bits per heavy atom. The first kappa shape index (κ1) is 10.0. The molecule has 0 aromatic heterocycles. The number of benzene rings is 1. The van der Waals surface area contributed by atoms with Crippen molar-refractivity contribution in [1.82, 2.24) is 0 Å². The number of Topliss-reactive ketones (excluding diaryl/α,β-unsaturated/α-hetero) is 1. The zero-order chi connectivity index (χ0) is 10.3. The van der Waals surface area contributed by atoms with Gasteiger partial charge in [0.1, 0.15) is 5.78 Å². The third-order valence-corrected chi connectivity index (χ3v) is 3.64. The van der Waals surface area contributed by atoms with E-state index in [0.717, 1.165) is 5.56 Å². The Morgan fingerprint density at radius 3 is 2.50 bits per heavy atom. The Labute approximate surface area is 93.0 Å². The smallest absolute Gasteiger partial charge is 0.136 e. The number of rotatable bonds is 1. The van der Waals surface area contributed by atoms with Gasteiger partial charge < -0.3 is 0 Å². The van der Waals surface area contributed by atoms with Crippen LogP contribution in [0.4, 0.5) is 0 Å². The van der Waals surface area contributed by atoms with Gasteiger partial charge in [-0.05, 0) is 17.7 Å². The molecule has 1 aliphatic rings. The molecule has 0 radical (unpaired) electrons. The molecular weight excluding hydrogens is 219 g/mol. The first-order chi connectivity index (χ1) is 6.59. The number of hydrogen-bond donors (Lipinski definition) is 0. The van der Waals surface area contributed by atoms with Crippen molar-refractivity contribution < 1.29 is 4.79 Å². The van der Waals surface area contributed by atoms with Crippen molar-refractivity contribution in [2.75, 3.05) is 0 Å². The average Bonchev–Trinajstić information content (AvgIpc) is 2.18. The highest BCUT2D eigenvalue weighted by Crippen LogP contribution is 2.40. The maximum atomic E-state index is 11.1. The molecular formula is C11H10Cl2O. The van der Waals surface area contributed by atoms with Crippen LogP contribution in [0.5, 0.6) is 0 Å². The predicted octanol–water partition coefficient (Wildman–Crippen LogP) is 3.69. The highest BCUT2D eigenvalue weighted by molar-refractivity contribution is 6.42. The van der Waals surface area contributed by atoms with E-state index in [1.165, 1.54) is 0 Å². The first-order valence-electron chi connectivity index (χ1n) is 4.57. The molecule has 1 aliphatic carbocycles. The summed E-state index contributed by atoms with van der Waals surface area (Å²) in [6.07, 6.45) is 0.638. The molecule has 0 spiro atoms. The van der Waals surface area contributed by atoms with Crippen molar-refractivity contribution >= 4 is 29.0 Å². The summed E-state index contributed by atoms with van der Waals surface area (Å²) in [6, 6.07) is 5.59. The van der Waals surface area contributed by atoms with Crippen LogP contribution in [0, 0.1) is 5.92 Å². The molecule has 0 aliphatic heterocycles.